The van der Waals surface area contributed by atoms with Crippen LogP contribution >= 0.6 is 0 Å². The minimum Gasteiger partial charge on any atom is -0.399 e. The molecule has 0 aliphatic heterocycles. The molecule has 0 radical (unpaired) electrons. The first-order valence-corrected chi connectivity index (χ1v) is 7.85. The second kappa shape index (κ2) is 8.67. The zero-order valence-electron chi connectivity index (χ0n) is 13.7. The van der Waals surface area contributed by atoms with Gasteiger partial charge in [-0.2, -0.15) is 0 Å². The molecule has 1 amide bonds. The molecule has 3 N–H and O–H groups in total. The minimum absolute atomic E-state index is 0.0526. The molecular formula is C17H29N3O. The highest BCUT2D eigenvalue weighted by Gasteiger charge is 2.18. The van der Waals surface area contributed by atoms with Crippen LogP contribution in [0.1, 0.15) is 44.5 Å². The Balaban J connectivity index is 2.65. The average Bonchev–Trinajstić information content (AvgIpc) is 2.45. The summed E-state index contributed by atoms with van der Waals surface area (Å²) in [6.07, 6.45) is 1.08. The van der Waals surface area contributed by atoms with Crippen molar-refractivity contribution in [1.29, 1.82) is 0 Å². The number of hydrogen-bond acceptors (Lipinski definition) is 3. The molecule has 0 saturated heterocycles. The molecule has 1 unspecified atom stereocenters. The van der Waals surface area contributed by atoms with E-state index in [0.29, 0.717) is 29.8 Å². The first-order valence-electron chi connectivity index (χ1n) is 7.85. The summed E-state index contributed by atoms with van der Waals surface area (Å²) in [6, 6.07) is 7.48. The van der Waals surface area contributed by atoms with Gasteiger partial charge in [0.1, 0.15) is 0 Å². The summed E-state index contributed by atoms with van der Waals surface area (Å²) in [6.45, 7) is 11.4. The Labute approximate surface area is 128 Å². The van der Waals surface area contributed by atoms with Crippen molar-refractivity contribution < 1.29 is 4.79 Å². The van der Waals surface area contributed by atoms with Crippen LogP contribution in [0.2, 0.25) is 0 Å². The summed E-state index contributed by atoms with van der Waals surface area (Å²) in [4.78, 5) is 14.6. The van der Waals surface area contributed by atoms with E-state index in [0.717, 1.165) is 19.5 Å². The Kier molecular flexibility index (Phi) is 7.23. The van der Waals surface area contributed by atoms with Crippen LogP contribution in [0.5, 0.6) is 0 Å². The third kappa shape index (κ3) is 5.76. The van der Waals surface area contributed by atoms with E-state index >= 15 is 0 Å². The number of nitrogens with zero attached hydrogens (tertiary/aromatic N) is 1. The Morgan fingerprint density at radius 3 is 2.48 bits per heavy atom. The maximum atomic E-state index is 12.2. The van der Waals surface area contributed by atoms with Crippen LogP contribution in [0.3, 0.4) is 0 Å². The molecule has 0 aromatic heterocycles. The van der Waals surface area contributed by atoms with Crippen LogP contribution in [0.15, 0.2) is 24.3 Å². The molecule has 0 fully saturated rings. The van der Waals surface area contributed by atoms with E-state index in [1.54, 1.807) is 24.3 Å². The molecule has 1 aromatic rings. The van der Waals surface area contributed by atoms with Crippen molar-refractivity contribution in [2.24, 2.45) is 5.92 Å². The smallest absolute Gasteiger partial charge is 0.251 e. The fourth-order valence-corrected chi connectivity index (χ4v) is 2.64. The topological polar surface area (TPSA) is 58.4 Å². The second-order valence-electron chi connectivity index (χ2n) is 5.84. The number of amides is 1. The molecule has 0 spiro atoms. The van der Waals surface area contributed by atoms with Gasteiger partial charge < -0.3 is 11.1 Å². The zero-order valence-corrected chi connectivity index (χ0v) is 13.7. The highest BCUT2D eigenvalue weighted by Crippen LogP contribution is 2.12. The van der Waals surface area contributed by atoms with Crippen molar-refractivity contribution in [3.63, 3.8) is 0 Å². The summed E-state index contributed by atoms with van der Waals surface area (Å²) in [5, 5.41) is 3.04. The summed E-state index contributed by atoms with van der Waals surface area (Å²) >= 11 is 0. The van der Waals surface area contributed by atoms with Gasteiger partial charge in [0.15, 0.2) is 0 Å². The van der Waals surface area contributed by atoms with Crippen LogP contribution < -0.4 is 11.1 Å². The molecule has 0 aliphatic carbocycles. The number of nitrogen functional groups attached to an aromatic ring is 1. The van der Waals surface area contributed by atoms with Gasteiger partial charge in [-0.05, 0) is 43.6 Å². The van der Waals surface area contributed by atoms with Crippen LogP contribution in [0, 0.1) is 5.92 Å². The van der Waals surface area contributed by atoms with Crippen molar-refractivity contribution in [2.75, 3.05) is 25.4 Å². The molecule has 1 aromatic carbocycles. The van der Waals surface area contributed by atoms with Gasteiger partial charge in [0, 0.05) is 23.8 Å². The first-order chi connectivity index (χ1) is 9.97. The third-order valence-electron chi connectivity index (χ3n) is 3.72. The lowest BCUT2D eigenvalue weighted by Crippen LogP contribution is -2.44. The van der Waals surface area contributed by atoms with Gasteiger partial charge >= 0.3 is 0 Å². The Morgan fingerprint density at radius 2 is 1.95 bits per heavy atom. The number of nitrogens with two attached hydrogens (primary N) is 1. The Morgan fingerprint density at radius 1 is 1.29 bits per heavy atom. The van der Waals surface area contributed by atoms with E-state index in [2.05, 4.69) is 37.9 Å². The molecule has 21 heavy (non-hydrogen) atoms. The van der Waals surface area contributed by atoms with Crippen LogP contribution in [-0.2, 0) is 0 Å². The highest BCUT2D eigenvalue weighted by molar-refractivity contribution is 5.94. The lowest BCUT2D eigenvalue weighted by molar-refractivity contribution is 0.0929. The second-order valence-corrected chi connectivity index (χ2v) is 5.84. The van der Waals surface area contributed by atoms with Crippen molar-refractivity contribution in [3.05, 3.63) is 29.8 Å². The number of carbonyl (C=O) groups is 1. The summed E-state index contributed by atoms with van der Waals surface area (Å²) in [5.41, 5.74) is 6.96. The maximum Gasteiger partial charge on any atom is 0.251 e. The predicted octanol–water partition coefficient (Wildman–Crippen LogP) is 2.76. The number of likely N-dealkylation sites (N-methyl/N-ethyl adjacent to an activating group) is 1. The molecule has 4 heteroatoms. The molecule has 1 rings (SSSR count). The van der Waals surface area contributed by atoms with Gasteiger partial charge in [0.05, 0.1) is 0 Å². The summed E-state index contributed by atoms with van der Waals surface area (Å²) in [7, 11) is 0. The quantitative estimate of drug-likeness (QED) is 0.724. The van der Waals surface area contributed by atoms with Gasteiger partial charge in [-0.1, -0.05) is 33.8 Å². The number of nitrogens with one attached hydrogen (secondary N) is 1. The molecular weight excluding hydrogens is 262 g/mol. The molecule has 0 saturated carbocycles. The van der Waals surface area contributed by atoms with Crippen LogP contribution in [-0.4, -0.2) is 36.5 Å². The highest BCUT2D eigenvalue weighted by atomic mass is 16.1. The number of benzene rings is 1. The monoisotopic (exact) mass is 291 g/mol. The molecule has 1 atom stereocenters. The number of anilines is 1. The summed E-state index contributed by atoms with van der Waals surface area (Å²) < 4.78 is 0. The normalized spacial score (nSPS) is 12.7. The third-order valence-corrected chi connectivity index (χ3v) is 3.72. The van der Waals surface area contributed by atoms with Crippen molar-refractivity contribution in [1.82, 2.24) is 10.2 Å². The fourth-order valence-electron chi connectivity index (χ4n) is 2.64. The van der Waals surface area contributed by atoms with E-state index < -0.39 is 0 Å². The Hall–Kier alpha value is -1.55. The van der Waals surface area contributed by atoms with Gasteiger partial charge in [0.25, 0.3) is 5.91 Å². The number of carbonyl (C=O) groups excluding carboxylic acids is 1. The zero-order chi connectivity index (χ0) is 15.8. The van der Waals surface area contributed by atoms with E-state index in [1.807, 2.05) is 0 Å². The minimum atomic E-state index is -0.0526. The van der Waals surface area contributed by atoms with E-state index in [4.69, 9.17) is 5.73 Å². The van der Waals surface area contributed by atoms with Gasteiger partial charge in [-0.15, -0.1) is 0 Å². The average molecular weight is 291 g/mol. The SMILES string of the molecule is CCN(CC)C(CNC(=O)c1cccc(N)c1)CC(C)C. The van der Waals surface area contributed by atoms with Gasteiger partial charge in [0.2, 0.25) is 0 Å². The predicted molar refractivity (Wildman–Crippen MR) is 89.4 cm³/mol. The van der Waals surface area contributed by atoms with Crippen LogP contribution in [0.4, 0.5) is 5.69 Å². The molecule has 0 aliphatic rings. The number of hydrogen-bond donors (Lipinski definition) is 2. The fraction of sp³-hybridized carbons (Fsp3) is 0.588. The largest absolute Gasteiger partial charge is 0.399 e. The van der Waals surface area contributed by atoms with E-state index in [9.17, 15) is 4.79 Å². The molecule has 0 bridgehead atoms. The molecule has 4 nitrogen and oxygen atoms in total. The lowest BCUT2D eigenvalue weighted by atomic mass is 10.0. The molecule has 118 valence electrons. The van der Waals surface area contributed by atoms with E-state index in [-0.39, 0.29) is 5.91 Å². The van der Waals surface area contributed by atoms with Crippen LogP contribution in [0.25, 0.3) is 0 Å². The Bertz CT molecular complexity index is 441. The maximum absolute atomic E-state index is 12.2. The molecule has 0 heterocycles. The standard InChI is InChI=1S/C17H29N3O/c1-5-20(6-2)16(10-13(3)4)12-19-17(21)14-8-7-9-15(18)11-14/h7-9,11,13,16H,5-6,10,12,18H2,1-4H3,(H,19,21). The van der Waals surface area contributed by atoms with E-state index in [1.165, 1.54) is 0 Å². The summed E-state index contributed by atoms with van der Waals surface area (Å²) in [5.74, 6) is 0.558. The first kappa shape index (κ1) is 17.5. The van der Waals surface area contributed by atoms with Crippen molar-refractivity contribution in [2.45, 2.75) is 40.2 Å². The van der Waals surface area contributed by atoms with Gasteiger partial charge in [-0.25, -0.2) is 0 Å². The van der Waals surface area contributed by atoms with Crippen molar-refractivity contribution >= 4 is 11.6 Å². The number of rotatable bonds is 8. The van der Waals surface area contributed by atoms with Crippen molar-refractivity contribution in [3.8, 4) is 0 Å². The van der Waals surface area contributed by atoms with Gasteiger partial charge in [-0.3, -0.25) is 9.69 Å². The lowest BCUT2D eigenvalue weighted by Gasteiger charge is -2.31.